The number of nitrogens with two attached hydrogens (primary N) is 3. The van der Waals surface area contributed by atoms with Crippen molar-refractivity contribution in [1.82, 2.24) is 20.9 Å². The number of aromatic nitrogens is 1. The van der Waals surface area contributed by atoms with Crippen LogP contribution in [0.4, 0.5) is 0 Å². The second-order valence-corrected chi connectivity index (χ2v) is 9.29. The number of para-hydroxylation sites is 1. The van der Waals surface area contributed by atoms with Gasteiger partial charge in [-0.2, -0.15) is 12.6 Å². The van der Waals surface area contributed by atoms with Crippen molar-refractivity contribution in [2.75, 3.05) is 12.3 Å². The van der Waals surface area contributed by atoms with Gasteiger partial charge in [-0.15, -0.1) is 0 Å². The highest BCUT2D eigenvalue weighted by Crippen LogP contribution is 2.19. The van der Waals surface area contributed by atoms with Gasteiger partial charge in [0.1, 0.15) is 18.1 Å². The fourth-order valence-electron chi connectivity index (χ4n) is 3.79. The second-order valence-electron chi connectivity index (χ2n) is 8.92. The lowest BCUT2D eigenvalue weighted by Gasteiger charge is -2.25. The summed E-state index contributed by atoms with van der Waals surface area (Å²) in [5.74, 6) is -5.42. The minimum absolute atomic E-state index is 0.0273. The summed E-state index contributed by atoms with van der Waals surface area (Å²) >= 11 is 3.94. The van der Waals surface area contributed by atoms with Gasteiger partial charge in [-0.05, 0) is 24.5 Å². The quantitative estimate of drug-likeness (QED) is 0.0454. The van der Waals surface area contributed by atoms with E-state index in [1.807, 2.05) is 18.2 Å². The molecule has 2 aromatic rings. The van der Waals surface area contributed by atoms with E-state index in [2.05, 4.69) is 38.6 Å². The molecule has 218 valence electrons. The van der Waals surface area contributed by atoms with Crippen LogP contribution in [0.5, 0.6) is 0 Å². The minimum atomic E-state index is -1.43. The predicted molar refractivity (Wildman–Crippen MR) is 149 cm³/mol. The molecule has 0 saturated heterocycles. The third kappa shape index (κ3) is 9.77. The molecule has 0 bridgehead atoms. The highest BCUT2D eigenvalue weighted by atomic mass is 32.1. The Labute approximate surface area is 234 Å². The number of aliphatic carboxylic acids is 2. The monoisotopic (exact) mass is 578 g/mol. The SMILES string of the molecule is NC(N)=NCCCC(NC(=O)C(Cc1c[nH]c2ccccc12)NC(=O)C(N)CC(=O)O)C(=O)NC(CS)C(=O)O. The number of carboxylic acid groups (broad SMARTS) is 2. The van der Waals surface area contributed by atoms with Crippen LogP contribution in [0, 0.1) is 0 Å². The van der Waals surface area contributed by atoms with E-state index >= 15 is 0 Å². The molecule has 0 spiro atoms. The van der Waals surface area contributed by atoms with Gasteiger partial charge < -0.3 is 48.3 Å². The molecule has 0 aliphatic carbocycles. The molecule has 4 atom stereocenters. The predicted octanol–water partition coefficient (Wildman–Crippen LogP) is -1.97. The third-order valence-electron chi connectivity index (χ3n) is 5.84. The number of carbonyl (C=O) groups is 5. The number of aromatic amines is 1. The Kier molecular flexibility index (Phi) is 12.2. The Morgan fingerprint density at radius 2 is 1.57 bits per heavy atom. The van der Waals surface area contributed by atoms with E-state index < -0.39 is 60.2 Å². The molecule has 2 rings (SSSR count). The Morgan fingerprint density at radius 1 is 0.950 bits per heavy atom. The van der Waals surface area contributed by atoms with Gasteiger partial charge in [-0.1, -0.05) is 18.2 Å². The summed E-state index contributed by atoms with van der Waals surface area (Å²) in [6, 6.07) is 2.03. The number of rotatable bonds is 16. The number of benzene rings is 1. The standard InChI is InChI=1S/C24H34N8O7S/c25-14(9-19(33)34)20(35)31-17(8-12-10-29-15-5-2-1-4-13(12)15)22(37)30-16(6-3-7-28-24(26)27)21(36)32-18(11-40)23(38)39/h1-2,4-5,10,14,16-18,29,40H,3,6-9,11,25H2,(H,30,37)(H,31,35)(H,32,36)(H,33,34)(H,38,39)(H4,26,27,28). The summed E-state index contributed by atoms with van der Waals surface area (Å²) in [6.45, 7) is 0.135. The number of amides is 3. The summed E-state index contributed by atoms with van der Waals surface area (Å²) in [7, 11) is 0. The second kappa shape index (κ2) is 15.3. The number of thiol groups is 1. The lowest BCUT2D eigenvalue weighted by atomic mass is 10.0. The van der Waals surface area contributed by atoms with E-state index in [-0.39, 0.29) is 37.5 Å². The first-order chi connectivity index (χ1) is 18.9. The average molecular weight is 579 g/mol. The van der Waals surface area contributed by atoms with Gasteiger partial charge in [0.15, 0.2) is 5.96 Å². The number of hydrogen-bond acceptors (Lipinski definition) is 8. The fraction of sp³-hybridized carbons (Fsp3) is 0.417. The molecule has 1 aromatic heterocycles. The molecule has 16 heteroatoms. The molecule has 0 fully saturated rings. The average Bonchev–Trinajstić information content (AvgIpc) is 3.30. The van der Waals surface area contributed by atoms with Crippen LogP contribution in [0.1, 0.15) is 24.8 Å². The van der Waals surface area contributed by atoms with Crippen molar-refractivity contribution in [3.63, 3.8) is 0 Å². The van der Waals surface area contributed by atoms with Gasteiger partial charge in [-0.3, -0.25) is 24.2 Å². The van der Waals surface area contributed by atoms with Crippen LogP contribution in [0.2, 0.25) is 0 Å². The van der Waals surface area contributed by atoms with Gasteiger partial charge in [0.25, 0.3) is 0 Å². The molecule has 1 heterocycles. The molecule has 15 nitrogen and oxygen atoms in total. The van der Waals surface area contributed by atoms with Crippen LogP contribution in [-0.2, 0) is 30.4 Å². The molecular formula is C24H34N8O7S. The lowest BCUT2D eigenvalue weighted by molar-refractivity contribution is -0.141. The van der Waals surface area contributed by atoms with Gasteiger partial charge in [0, 0.05) is 35.8 Å². The lowest BCUT2D eigenvalue weighted by Crippen LogP contribution is -2.58. The summed E-state index contributed by atoms with van der Waals surface area (Å²) in [6.07, 6.45) is 1.25. The first-order valence-electron chi connectivity index (χ1n) is 12.3. The number of fused-ring (bicyclic) bond motifs is 1. The Hall–Kier alpha value is -4.31. The minimum Gasteiger partial charge on any atom is -0.481 e. The topological polar surface area (TPSA) is 268 Å². The van der Waals surface area contributed by atoms with E-state index in [0.29, 0.717) is 5.56 Å². The zero-order valence-corrected chi connectivity index (χ0v) is 22.4. The van der Waals surface area contributed by atoms with Crippen LogP contribution in [0.3, 0.4) is 0 Å². The number of aliphatic imine (C=N–C) groups is 1. The zero-order valence-electron chi connectivity index (χ0n) is 21.5. The molecule has 0 saturated carbocycles. The molecular weight excluding hydrogens is 544 g/mol. The molecule has 0 radical (unpaired) electrons. The van der Waals surface area contributed by atoms with Crippen molar-refractivity contribution in [3.8, 4) is 0 Å². The highest BCUT2D eigenvalue weighted by Gasteiger charge is 2.31. The van der Waals surface area contributed by atoms with E-state index in [0.717, 1.165) is 10.9 Å². The summed E-state index contributed by atoms with van der Waals surface area (Å²) in [4.78, 5) is 68.4. The largest absolute Gasteiger partial charge is 0.481 e. The van der Waals surface area contributed by atoms with Gasteiger partial charge in [-0.25, -0.2) is 4.79 Å². The van der Waals surface area contributed by atoms with E-state index in [1.165, 1.54) is 0 Å². The summed E-state index contributed by atoms with van der Waals surface area (Å²) < 4.78 is 0. The van der Waals surface area contributed by atoms with Crippen molar-refractivity contribution >= 4 is 59.2 Å². The van der Waals surface area contributed by atoms with E-state index in [9.17, 15) is 29.1 Å². The summed E-state index contributed by atoms with van der Waals surface area (Å²) in [5.41, 5.74) is 17.8. The van der Waals surface area contributed by atoms with Crippen LogP contribution in [0.25, 0.3) is 10.9 Å². The molecule has 12 N–H and O–H groups in total. The maximum absolute atomic E-state index is 13.5. The van der Waals surface area contributed by atoms with Gasteiger partial charge in [0.05, 0.1) is 12.5 Å². The number of hydrogen-bond donors (Lipinski definition) is 10. The molecule has 0 aliphatic heterocycles. The van der Waals surface area contributed by atoms with E-state index in [1.54, 1.807) is 12.3 Å². The van der Waals surface area contributed by atoms with Crippen molar-refractivity contribution in [2.24, 2.45) is 22.2 Å². The van der Waals surface area contributed by atoms with Crippen LogP contribution >= 0.6 is 12.6 Å². The Bertz CT molecular complexity index is 1250. The van der Waals surface area contributed by atoms with Crippen LogP contribution < -0.4 is 33.2 Å². The zero-order chi connectivity index (χ0) is 29.8. The summed E-state index contributed by atoms with van der Waals surface area (Å²) in [5, 5.41) is 26.4. The number of nitrogens with one attached hydrogen (secondary N) is 4. The molecule has 0 aliphatic rings. The van der Waals surface area contributed by atoms with Gasteiger partial charge in [0.2, 0.25) is 17.7 Å². The number of carboxylic acids is 2. The molecule has 3 amide bonds. The van der Waals surface area contributed by atoms with Crippen molar-refractivity contribution in [2.45, 2.75) is 49.9 Å². The number of H-pyrrole nitrogens is 1. The van der Waals surface area contributed by atoms with Crippen LogP contribution in [0.15, 0.2) is 35.5 Å². The highest BCUT2D eigenvalue weighted by molar-refractivity contribution is 7.80. The molecule has 1 aromatic carbocycles. The number of carbonyl (C=O) groups excluding carboxylic acids is 3. The smallest absolute Gasteiger partial charge is 0.327 e. The number of guanidine groups is 1. The van der Waals surface area contributed by atoms with Crippen LogP contribution in [-0.4, -0.2) is 87.3 Å². The maximum atomic E-state index is 13.5. The van der Waals surface area contributed by atoms with Crippen molar-refractivity contribution in [1.29, 1.82) is 0 Å². The Morgan fingerprint density at radius 3 is 2.20 bits per heavy atom. The first-order valence-corrected chi connectivity index (χ1v) is 12.9. The van der Waals surface area contributed by atoms with Crippen molar-refractivity contribution in [3.05, 3.63) is 36.0 Å². The molecule has 40 heavy (non-hydrogen) atoms. The number of nitrogens with zero attached hydrogens (tertiary/aromatic N) is 1. The fourth-order valence-corrected chi connectivity index (χ4v) is 4.04. The maximum Gasteiger partial charge on any atom is 0.327 e. The Balaban J connectivity index is 2.31. The normalized spacial score (nSPS) is 13.8. The van der Waals surface area contributed by atoms with E-state index in [4.69, 9.17) is 22.3 Å². The third-order valence-corrected chi connectivity index (χ3v) is 6.20. The van der Waals surface area contributed by atoms with Crippen molar-refractivity contribution < 1.29 is 34.2 Å². The molecule has 4 unspecified atom stereocenters. The first kappa shape index (κ1) is 31.9. The van der Waals surface area contributed by atoms with Gasteiger partial charge >= 0.3 is 11.9 Å².